The second-order valence-corrected chi connectivity index (χ2v) is 8.98. The molecular formula is C23H30O2. The molecule has 1 aliphatic rings. The molecule has 2 heteroatoms. The summed E-state index contributed by atoms with van der Waals surface area (Å²) in [4.78, 5) is 0. The van der Waals surface area contributed by atoms with Crippen LogP contribution in [-0.4, -0.2) is 10.2 Å². The number of hydrogen-bond donors (Lipinski definition) is 2. The number of phenols is 2. The summed E-state index contributed by atoms with van der Waals surface area (Å²) in [6, 6.07) is 11.7. The fraction of sp³-hybridized carbons (Fsp3) is 0.478. The van der Waals surface area contributed by atoms with Gasteiger partial charge in [-0.25, -0.2) is 0 Å². The molecule has 1 saturated carbocycles. The summed E-state index contributed by atoms with van der Waals surface area (Å²) in [5.41, 5.74) is 3.95. The van der Waals surface area contributed by atoms with E-state index in [0.717, 1.165) is 41.5 Å². The maximum absolute atomic E-state index is 10.7. The third kappa shape index (κ3) is 3.27. The van der Waals surface area contributed by atoms with E-state index in [0.29, 0.717) is 17.4 Å². The van der Waals surface area contributed by atoms with Gasteiger partial charge >= 0.3 is 0 Å². The number of hydrogen-bond acceptors (Lipinski definition) is 2. The van der Waals surface area contributed by atoms with Crippen LogP contribution in [0.15, 0.2) is 36.4 Å². The van der Waals surface area contributed by atoms with Gasteiger partial charge in [-0.3, -0.25) is 0 Å². The highest BCUT2D eigenvalue weighted by Crippen LogP contribution is 2.56. The van der Waals surface area contributed by atoms with Gasteiger partial charge in [0, 0.05) is 16.5 Å². The van der Waals surface area contributed by atoms with Crippen molar-refractivity contribution in [2.75, 3.05) is 0 Å². The van der Waals surface area contributed by atoms with Gasteiger partial charge in [0.05, 0.1) is 0 Å². The van der Waals surface area contributed by atoms with E-state index in [4.69, 9.17) is 0 Å². The number of rotatable bonds is 2. The molecule has 2 nitrogen and oxygen atoms in total. The van der Waals surface area contributed by atoms with Crippen molar-refractivity contribution >= 4 is 0 Å². The first-order valence-electron chi connectivity index (χ1n) is 9.23. The van der Waals surface area contributed by atoms with E-state index in [9.17, 15) is 10.2 Å². The van der Waals surface area contributed by atoms with E-state index in [2.05, 4.69) is 46.8 Å². The van der Waals surface area contributed by atoms with Crippen molar-refractivity contribution < 1.29 is 10.2 Å². The van der Waals surface area contributed by atoms with Gasteiger partial charge in [0.2, 0.25) is 0 Å². The molecule has 1 fully saturated rings. The van der Waals surface area contributed by atoms with Gasteiger partial charge < -0.3 is 10.2 Å². The molecule has 0 saturated heterocycles. The quantitative estimate of drug-likeness (QED) is 0.721. The van der Waals surface area contributed by atoms with Crippen LogP contribution in [-0.2, 0) is 5.41 Å². The van der Waals surface area contributed by atoms with Gasteiger partial charge in [-0.1, -0.05) is 56.2 Å². The summed E-state index contributed by atoms with van der Waals surface area (Å²) in [6.45, 7) is 11.0. The summed E-state index contributed by atoms with van der Waals surface area (Å²) in [7, 11) is 0. The molecule has 2 aromatic carbocycles. The first kappa shape index (κ1) is 17.8. The average Bonchev–Trinajstić information content (AvgIpc) is 2.50. The van der Waals surface area contributed by atoms with E-state index in [1.807, 2.05) is 12.1 Å². The summed E-state index contributed by atoms with van der Waals surface area (Å²) >= 11 is 0. The minimum atomic E-state index is -0.368. The monoisotopic (exact) mass is 338 g/mol. The maximum Gasteiger partial charge on any atom is 0.119 e. The molecule has 2 aromatic rings. The Labute approximate surface area is 151 Å². The molecule has 0 aromatic heterocycles. The van der Waals surface area contributed by atoms with E-state index in [1.165, 1.54) is 0 Å². The molecule has 0 spiro atoms. The third-order valence-electron chi connectivity index (χ3n) is 5.71. The molecule has 0 aliphatic heterocycles. The lowest BCUT2D eigenvalue weighted by atomic mass is 9.55. The fourth-order valence-electron chi connectivity index (χ4n) is 5.19. The number of aromatic hydroxyl groups is 2. The predicted molar refractivity (Wildman–Crippen MR) is 103 cm³/mol. The summed E-state index contributed by atoms with van der Waals surface area (Å²) in [6.07, 6.45) is 3.01. The van der Waals surface area contributed by atoms with Crippen LogP contribution in [0.25, 0.3) is 0 Å². The topological polar surface area (TPSA) is 40.5 Å². The number of phenolic OH excluding ortho intramolecular Hbond substituents is 2. The van der Waals surface area contributed by atoms with Crippen LogP contribution in [0.2, 0.25) is 0 Å². The third-order valence-corrected chi connectivity index (χ3v) is 5.71. The largest absolute Gasteiger partial charge is 0.508 e. The fourth-order valence-corrected chi connectivity index (χ4v) is 5.19. The van der Waals surface area contributed by atoms with E-state index >= 15 is 0 Å². The van der Waals surface area contributed by atoms with E-state index in [-0.39, 0.29) is 10.8 Å². The Morgan fingerprint density at radius 1 is 0.840 bits per heavy atom. The standard InChI is InChI=1S/C23H30O2/c1-15-6-8-20(24)18(10-15)23(13-17(3)12-22(4,5)14-23)19-11-16(2)7-9-21(19)25/h6-11,17,24-25H,12-14H2,1-5H3. The average molecular weight is 338 g/mol. The molecule has 0 bridgehead atoms. The van der Waals surface area contributed by atoms with Crippen molar-refractivity contribution in [1.82, 2.24) is 0 Å². The molecular weight excluding hydrogens is 308 g/mol. The zero-order valence-corrected chi connectivity index (χ0v) is 16.1. The van der Waals surface area contributed by atoms with Crippen LogP contribution in [0.3, 0.4) is 0 Å². The highest BCUT2D eigenvalue weighted by Gasteiger charge is 2.47. The predicted octanol–water partition coefficient (Wildman–Crippen LogP) is 5.85. The van der Waals surface area contributed by atoms with Crippen LogP contribution < -0.4 is 0 Å². The van der Waals surface area contributed by atoms with Crippen LogP contribution in [0.5, 0.6) is 11.5 Å². The van der Waals surface area contributed by atoms with Crippen molar-refractivity contribution in [2.45, 2.75) is 59.3 Å². The molecule has 0 heterocycles. The first-order valence-corrected chi connectivity index (χ1v) is 9.23. The Morgan fingerprint density at radius 3 is 1.76 bits per heavy atom. The lowest BCUT2D eigenvalue weighted by Crippen LogP contribution is -2.41. The van der Waals surface area contributed by atoms with Crippen LogP contribution >= 0.6 is 0 Å². The molecule has 134 valence electrons. The molecule has 3 rings (SSSR count). The van der Waals surface area contributed by atoms with Crippen molar-refractivity contribution in [3.8, 4) is 11.5 Å². The van der Waals surface area contributed by atoms with E-state index in [1.54, 1.807) is 12.1 Å². The van der Waals surface area contributed by atoms with Gasteiger partial charge in [0.15, 0.2) is 0 Å². The van der Waals surface area contributed by atoms with Crippen molar-refractivity contribution in [3.05, 3.63) is 58.7 Å². The minimum absolute atomic E-state index is 0.143. The minimum Gasteiger partial charge on any atom is -0.508 e. The maximum atomic E-state index is 10.7. The normalized spacial score (nSPS) is 21.9. The molecule has 1 unspecified atom stereocenters. The van der Waals surface area contributed by atoms with Gasteiger partial charge in [0.25, 0.3) is 0 Å². The van der Waals surface area contributed by atoms with Gasteiger partial charge in [-0.15, -0.1) is 0 Å². The summed E-state index contributed by atoms with van der Waals surface area (Å²) < 4.78 is 0. The molecule has 0 radical (unpaired) electrons. The van der Waals surface area contributed by atoms with Crippen molar-refractivity contribution in [1.29, 1.82) is 0 Å². The summed E-state index contributed by atoms with van der Waals surface area (Å²) in [5, 5.41) is 21.5. The SMILES string of the molecule is Cc1ccc(O)c(C2(c3cc(C)ccc3O)CC(C)CC(C)(C)C2)c1. The lowest BCUT2D eigenvalue weighted by molar-refractivity contribution is 0.123. The van der Waals surface area contributed by atoms with Crippen LogP contribution in [0.4, 0.5) is 0 Å². The van der Waals surface area contributed by atoms with Gasteiger partial charge in [-0.2, -0.15) is 0 Å². The highest BCUT2D eigenvalue weighted by atomic mass is 16.3. The van der Waals surface area contributed by atoms with Crippen molar-refractivity contribution in [3.63, 3.8) is 0 Å². The Morgan fingerprint density at radius 2 is 1.32 bits per heavy atom. The molecule has 25 heavy (non-hydrogen) atoms. The lowest BCUT2D eigenvalue weighted by Gasteiger charge is -2.49. The van der Waals surface area contributed by atoms with Gasteiger partial charge in [-0.05, 0) is 56.6 Å². The van der Waals surface area contributed by atoms with Crippen LogP contribution in [0.1, 0.15) is 62.3 Å². The molecule has 1 aliphatic carbocycles. The molecule has 1 atom stereocenters. The number of benzene rings is 2. The van der Waals surface area contributed by atoms with Gasteiger partial charge in [0.1, 0.15) is 11.5 Å². The second-order valence-electron chi connectivity index (χ2n) is 8.98. The van der Waals surface area contributed by atoms with Crippen LogP contribution in [0, 0.1) is 25.2 Å². The summed E-state index contributed by atoms with van der Waals surface area (Å²) in [5.74, 6) is 1.18. The highest BCUT2D eigenvalue weighted by molar-refractivity contribution is 5.53. The smallest absolute Gasteiger partial charge is 0.119 e. The zero-order valence-electron chi connectivity index (χ0n) is 16.1. The Balaban J connectivity index is 2.32. The van der Waals surface area contributed by atoms with E-state index < -0.39 is 0 Å². The number of aryl methyl sites for hydroxylation is 2. The Kier molecular flexibility index (Phi) is 4.35. The van der Waals surface area contributed by atoms with Crippen molar-refractivity contribution in [2.24, 2.45) is 11.3 Å². The second kappa shape index (κ2) is 6.09. The first-order chi connectivity index (χ1) is 11.6. The molecule has 2 N–H and O–H groups in total. The Hall–Kier alpha value is -1.96. The zero-order chi connectivity index (χ0) is 18.4. The molecule has 0 amide bonds. The Bertz CT molecular complexity index is 737.